The molecule has 1 aromatic heterocycles. The van der Waals surface area contributed by atoms with Crippen molar-refractivity contribution >= 4 is 21.7 Å². The molecule has 4 heteroatoms. The van der Waals surface area contributed by atoms with Gasteiger partial charge >= 0.3 is 0 Å². The molecule has 0 spiro atoms. The third-order valence-electron chi connectivity index (χ3n) is 2.83. The molecule has 1 N–H and O–H groups in total. The van der Waals surface area contributed by atoms with Crippen molar-refractivity contribution in [2.75, 3.05) is 24.5 Å². The van der Waals surface area contributed by atoms with E-state index in [2.05, 4.69) is 51.0 Å². The van der Waals surface area contributed by atoms with Crippen LogP contribution in [-0.4, -0.2) is 30.7 Å². The normalized spacial score (nSPS) is 16.2. The lowest BCUT2D eigenvalue weighted by molar-refractivity contribution is 0.415. The van der Waals surface area contributed by atoms with Crippen LogP contribution in [0.25, 0.3) is 0 Å². The number of nitrogens with zero attached hydrogens (tertiary/aromatic N) is 2. The quantitative estimate of drug-likeness (QED) is 0.910. The SMILES string of the molecule is CCN(c1ncc(Br)cc1C)C1CNC1. The fourth-order valence-electron chi connectivity index (χ4n) is 1.91. The van der Waals surface area contributed by atoms with E-state index in [1.165, 1.54) is 5.56 Å². The highest BCUT2D eigenvalue weighted by Gasteiger charge is 2.25. The van der Waals surface area contributed by atoms with Crippen LogP contribution in [0.15, 0.2) is 16.7 Å². The lowest BCUT2D eigenvalue weighted by Gasteiger charge is -2.39. The number of anilines is 1. The van der Waals surface area contributed by atoms with Crippen LogP contribution in [0.4, 0.5) is 5.82 Å². The smallest absolute Gasteiger partial charge is 0.131 e. The topological polar surface area (TPSA) is 28.2 Å². The van der Waals surface area contributed by atoms with Crippen LogP contribution in [0, 0.1) is 6.92 Å². The Bertz CT molecular complexity index is 350. The Kier molecular flexibility index (Phi) is 3.26. The molecule has 0 aromatic carbocycles. The fourth-order valence-corrected chi connectivity index (χ4v) is 2.35. The van der Waals surface area contributed by atoms with Crippen LogP contribution in [-0.2, 0) is 0 Å². The molecular formula is C11H16BrN3. The molecule has 3 nitrogen and oxygen atoms in total. The zero-order valence-corrected chi connectivity index (χ0v) is 10.7. The number of hydrogen-bond donors (Lipinski definition) is 1. The first-order valence-corrected chi connectivity index (χ1v) is 6.11. The minimum Gasteiger partial charge on any atom is -0.351 e. The van der Waals surface area contributed by atoms with Crippen molar-refractivity contribution in [3.63, 3.8) is 0 Å². The number of nitrogens with one attached hydrogen (secondary N) is 1. The van der Waals surface area contributed by atoms with Crippen molar-refractivity contribution in [2.45, 2.75) is 19.9 Å². The van der Waals surface area contributed by atoms with Crippen LogP contribution < -0.4 is 10.2 Å². The molecule has 1 aromatic rings. The predicted molar refractivity (Wildman–Crippen MR) is 66.4 cm³/mol. The summed E-state index contributed by atoms with van der Waals surface area (Å²) < 4.78 is 1.05. The third kappa shape index (κ3) is 2.16. The van der Waals surface area contributed by atoms with Gasteiger partial charge in [-0.05, 0) is 41.4 Å². The molecule has 1 aliphatic rings. The summed E-state index contributed by atoms with van der Waals surface area (Å²) in [4.78, 5) is 6.88. The highest BCUT2D eigenvalue weighted by molar-refractivity contribution is 9.10. The van der Waals surface area contributed by atoms with Gasteiger partial charge < -0.3 is 10.2 Å². The molecule has 2 rings (SSSR count). The van der Waals surface area contributed by atoms with Gasteiger partial charge in [0.15, 0.2) is 0 Å². The van der Waals surface area contributed by atoms with Gasteiger partial charge in [0.25, 0.3) is 0 Å². The molecule has 0 aliphatic carbocycles. The van der Waals surface area contributed by atoms with Crippen LogP contribution in [0.5, 0.6) is 0 Å². The third-order valence-corrected chi connectivity index (χ3v) is 3.26. The molecular weight excluding hydrogens is 254 g/mol. The van der Waals surface area contributed by atoms with Crippen molar-refractivity contribution in [3.05, 3.63) is 22.3 Å². The van der Waals surface area contributed by atoms with Gasteiger partial charge in [0.2, 0.25) is 0 Å². The molecule has 1 saturated heterocycles. The molecule has 0 bridgehead atoms. The minimum absolute atomic E-state index is 0.613. The molecule has 1 fully saturated rings. The van der Waals surface area contributed by atoms with Gasteiger partial charge in [-0.25, -0.2) is 4.98 Å². The number of likely N-dealkylation sites (N-methyl/N-ethyl adjacent to an activating group) is 1. The monoisotopic (exact) mass is 269 g/mol. The predicted octanol–water partition coefficient (Wildman–Crippen LogP) is 1.95. The summed E-state index contributed by atoms with van der Waals surface area (Å²) in [5, 5.41) is 3.30. The molecule has 0 radical (unpaired) electrons. The van der Waals surface area contributed by atoms with Crippen molar-refractivity contribution in [1.82, 2.24) is 10.3 Å². The Balaban J connectivity index is 2.25. The molecule has 2 heterocycles. The summed E-state index contributed by atoms with van der Waals surface area (Å²) in [6.07, 6.45) is 1.87. The second-order valence-corrected chi connectivity index (χ2v) is 4.81. The molecule has 0 amide bonds. The molecule has 1 aliphatic heterocycles. The molecule has 15 heavy (non-hydrogen) atoms. The van der Waals surface area contributed by atoms with Crippen LogP contribution in [0.1, 0.15) is 12.5 Å². The number of aryl methyl sites for hydroxylation is 1. The maximum Gasteiger partial charge on any atom is 0.131 e. The van der Waals surface area contributed by atoms with E-state index in [0.717, 1.165) is 29.9 Å². The second-order valence-electron chi connectivity index (χ2n) is 3.89. The summed E-state index contributed by atoms with van der Waals surface area (Å²) in [7, 11) is 0. The molecule has 0 saturated carbocycles. The number of rotatable bonds is 3. The van der Waals surface area contributed by atoms with E-state index in [0.29, 0.717) is 6.04 Å². The van der Waals surface area contributed by atoms with Gasteiger partial charge in [-0.15, -0.1) is 0 Å². The van der Waals surface area contributed by atoms with E-state index in [1.807, 2.05) is 6.20 Å². The first-order valence-electron chi connectivity index (χ1n) is 5.32. The zero-order valence-electron chi connectivity index (χ0n) is 9.13. The summed E-state index contributed by atoms with van der Waals surface area (Å²) in [5.41, 5.74) is 1.23. The van der Waals surface area contributed by atoms with Crippen LogP contribution >= 0.6 is 15.9 Å². The molecule has 0 atom stereocenters. The van der Waals surface area contributed by atoms with Gasteiger partial charge in [-0.2, -0.15) is 0 Å². The number of pyridine rings is 1. The standard InChI is InChI=1S/C11H16BrN3/c1-3-15(10-6-13-7-10)11-8(2)4-9(12)5-14-11/h4-5,10,13H,3,6-7H2,1-2H3. The summed E-state index contributed by atoms with van der Waals surface area (Å²) in [5.74, 6) is 1.12. The van der Waals surface area contributed by atoms with Gasteiger partial charge in [-0.3, -0.25) is 0 Å². The average Bonchev–Trinajstić information content (AvgIpc) is 2.12. The Labute approximate surface area is 99.0 Å². The van der Waals surface area contributed by atoms with E-state index >= 15 is 0 Å². The van der Waals surface area contributed by atoms with Gasteiger partial charge in [-0.1, -0.05) is 0 Å². The Morgan fingerprint density at radius 3 is 2.80 bits per heavy atom. The zero-order chi connectivity index (χ0) is 10.8. The van der Waals surface area contributed by atoms with Crippen molar-refractivity contribution in [2.24, 2.45) is 0 Å². The maximum atomic E-state index is 4.50. The van der Waals surface area contributed by atoms with E-state index in [-0.39, 0.29) is 0 Å². The molecule has 0 unspecified atom stereocenters. The minimum atomic E-state index is 0.613. The van der Waals surface area contributed by atoms with E-state index in [1.54, 1.807) is 0 Å². The van der Waals surface area contributed by atoms with Crippen LogP contribution in [0.3, 0.4) is 0 Å². The molecule has 82 valence electrons. The largest absolute Gasteiger partial charge is 0.351 e. The fraction of sp³-hybridized carbons (Fsp3) is 0.545. The average molecular weight is 270 g/mol. The number of halogens is 1. The van der Waals surface area contributed by atoms with Crippen molar-refractivity contribution < 1.29 is 0 Å². The van der Waals surface area contributed by atoms with Crippen molar-refractivity contribution in [3.8, 4) is 0 Å². The van der Waals surface area contributed by atoms with E-state index < -0.39 is 0 Å². The summed E-state index contributed by atoms with van der Waals surface area (Å²) in [6, 6.07) is 2.74. The first kappa shape index (κ1) is 10.9. The maximum absolute atomic E-state index is 4.50. The lowest BCUT2D eigenvalue weighted by Crippen LogP contribution is -2.57. The van der Waals surface area contributed by atoms with Gasteiger partial charge in [0.1, 0.15) is 5.82 Å². The highest BCUT2D eigenvalue weighted by atomic mass is 79.9. The lowest BCUT2D eigenvalue weighted by atomic mass is 10.1. The highest BCUT2D eigenvalue weighted by Crippen LogP contribution is 2.23. The van der Waals surface area contributed by atoms with Crippen LogP contribution in [0.2, 0.25) is 0 Å². The second kappa shape index (κ2) is 4.49. The Morgan fingerprint density at radius 2 is 2.33 bits per heavy atom. The first-order chi connectivity index (χ1) is 7.22. The summed E-state index contributed by atoms with van der Waals surface area (Å²) >= 11 is 3.44. The van der Waals surface area contributed by atoms with E-state index in [9.17, 15) is 0 Å². The number of hydrogen-bond acceptors (Lipinski definition) is 3. The number of aromatic nitrogens is 1. The van der Waals surface area contributed by atoms with Gasteiger partial charge in [0, 0.05) is 30.3 Å². The Hall–Kier alpha value is -0.610. The van der Waals surface area contributed by atoms with Gasteiger partial charge in [0.05, 0.1) is 6.04 Å². The van der Waals surface area contributed by atoms with E-state index in [4.69, 9.17) is 0 Å². The summed E-state index contributed by atoms with van der Waals surface area (Å²) in [6.45, 7) is 7.46. The van der Waals surface area contributed by atoms with Crippen molar-refractivity contribution in [1.29, 1.82) is 0 Å². The Morgan fingerprint density at radius 1 is 1.60 bits per heavy atom.